The molecule has 2 aromatic rings. The van der Waals surface area contributed by atoms with E-state index < -0.39 is 0 Å². The predicted molar refractivity (Wildman–Crippen MR) is 77.5 cm³/mol. The van der Waals surface area contributed by atoms with Gasteiger partial charge in [0.1, 0.15) is 6.07 Å². The Labute approximate surface area is 121 Å². The number of nitrogens with one attached hydrogen (secondary N) is 1. The zero-order chi connectivity index (χ0) is 13.8. The summed E-state index contributed by atoms with van der Waals surface area (Å²) in [5.74, 6) is 0. The standard InChI is InChI=1S/C14H11Cl2N3/c1-9(11-5-4-10(15)7-12(11)16)19-13-3-2-6-18-14(13)8-17/h2-7,9,19H,1H3. The van der Waals surface area contributed by atoms with Gasteiger partial charge in [-0.2, -0.15) is 5.26 Å². The van der Waals surface area contributed by atoms with E-state index >= 15 is 0 Å². The van der Waals surface area contributed by atoms with Crippen molar-refractivity contribution in [1.29, 1.82) is 5.26 Å². The molecule has 0 bridgehead atoms. The van der Waals surface area contributed by atoms with Gasteiger partial charge in [-0.1, -0.05) is 29.3 Å². The lowest BCUT2D eigenvalue weighted by Gasteiger charge is -2.17. The van der Waals surface area contributed by atoms with Crippen molar-refractivity contribution in [2.45, 2.75) is 13.0 Å². The van der Waals surface area contributed by atoms with Crippen LogP contribution in [0.1, 0.15) is 24.2 Å². The van der Waals surface area contributed by atoms with Crippen LogP contribution < -0.4 is 5.32 Å². The molecule has 0 amide bonds. The fourth-order valence-corrected chi connectivity index (χ4v) is 2.35. The first kappa shape index (κ1) is 13.7. The van der Waals surface area contributed by atoms with Crippen molar-refractivity contribution in [3.05, 3.63) is 57.8 Å². The van der Waals surface area contributed by atoms with Crippen molar-refractivity contribution in [3.8, 4) is 6.07 Å². The highest BCUT2D eigenvalue weighted by Crippen LogP contribution is 2.28. The van der Waals surface area contributed by atoms with E-state index in [1.165, 1.54) is 0 Å². The molecule has 0 radical (unpaired) electrons. The smallest absolute Gasteiger partial charge is 0.163 e. The normalized spacial score (nSPS) is 11.7. The van der Waals surface area contributed by atoms with Crippen LogP contribution in [0.3, 0.4) is 0 Å². The number of rotatable bonds is 3. The molecular formula is C14H11Cl2N3. The minimum Gasteiger partial charge on any atom is -0.376 e. The molecule has 1 atom stereocenters. The fraction of sp³-hybridized carbons (Fsp3) is 0.143. The van der Waals surface area contributed by atoms with Gasteiger partial charge in [0.15, 0.2) is 5.69 Å². The minimum absolute atomic E-state index is 0.0546. The van der Waals surface area contributed by atoms with Gasteiger partial charge in [-0.15, -0.1) is 0 Å². The first-order chi connectivity index (χ1) is 9.11. The third-order valence-corrected chi connectivity index (χ3v) is 3.28. The lowest BCUT2D eigenvalue weighted by Crippen LogP contribution is -2.09. The van der Waals surface area contributed by atoms with Crippen LogP contribution in [0.5, 0.6) is 0 Å². The van der Waals surface area contributed by atoms with E-state index in [0.717, 1.165) is 5.56 Å². The van der Waals surface area contributed by atoms with Crippen LogP contribution in [-0.2, 0) is 0 Å². The Bertz CT molecular complexity index is 635. The van der Waals surface area contributed by atoms with Crippen molar-refractivity contribution in [1.82, 2.24) is 4.98 Å². The molecule has 0 aliphatic heterocycles. The Hall–Kier alpha value is -1.76. The molecule has 1 aromatic heterocycles. The first-order valence-electron chi connectivity index (χ1n) is 5.68. The fourth-order valence-electron chi connectivity index (χ4n) is 1.77. The minimum atomic E-state index is -0.0546. The second-order valence-electron chi connectivity index (χ2n) is 4.04. The number of nitrogens with zero attached hydrogens (tertiary/aromatic N) is 2. The molecule has 0 spiro atoms. The van der Waals surface area contributed by atoms with Crippen LogP contribution >= 0.6 is 23.2 Å². The SMILES string of the molecule is CC(Nc1cccnc1C#N)c1ccc(Cl)cc1Cl. The molecule has 1 aromatic carbocycles. The topological polar surface area (TPSA) is 48.7 Å². The van der Waals surface area contributed by atoms with E-state index in [1.54, 1.807) is 24.4 Å². The van der Waals surface area contributed by atoms with Gasteiger partial charge < -0.3 is 5.32 Å². The number of benzene rings is 1. The number of pyridine rings is 1. The molecule has 1 unspecified atom stereocenters. The van der Waals surface area contributed by atoms with Gasteiger partial charge in [0.2, 0.25) is 0 Å². The van der Waals surface area contributed by atoms with Gasteiger partial charge in [-0.05, 0) is 36.8 Å². The average Bonchev–Trinajstić information content (AvgIpc) is 2.39. The lowest BCUT2D eigenvalue weighted by molar-refractivity contribution is 0.882. The van der Waals surface area contributed by atoms with Crippen LogP contribution in [0, 0.1) is 11.3 Å². The van der Waals surface area contributed by atoms with Gasteiger partial charge in [0.25, 0.3) is 0 Å². The molecule has 0 aliphatic rings. The molecule has 1 heterocycles. The largest absolute Gasteiger partial charge is 0.376 e. The van der Waals surface area contributed by atoms with Gasteiger partial charge in [-0.25, -0.2) is 4.98 Å². The second kappa shape index (κ2) is 5.92. The van der Waals surface area contributed by atoms with Crippen LogP contribution in [0.25, 0.3) is 0 Å². The molecule has 96 valence electrons. The summed E-state index contributed by atoms with van der Waals surface area (Å²) in [6.45, 7) is 1.96. The summed E-state index contributed by atoms with van der Waals surface area (Å²) in [4.78, 5) is 4.00. The highest BCUT2D eigenvalue weighted by atomic mass is 35.5. The highest BCUT2D eigenvalue weighted by molar-refractivity contribution is 6.35. The van der Waals surface area contributed by atoms with E-state index in [0.29, 0.717) is 21.4 Å². The molecular weight excluding hydrogens is 281 g/mol. The Morgan fingerprint density at radius 1 is 1.32 bits per heavy atom. The van der Waals surface area contributed by atoms with Gasteiger partial charge in [0, 0.05) is 16.2 Å². The van der Waals surface area contributed by atoms with Gasteiger partial charge >= 0.3 is 0 Å². The zero-order valence-corrected chi connectivity index (χ0v) is 11.7. The summed E-state index contributed by atoms with van der Waals surface area (Å²) in [7, 11) is 0. The van der Waals surface area contributed by atoms with Crippen molar-refractivity contribution in [2.75, 3.05) is 5.32 Å². The lowest BCUT2D eigenvalue weighted by atomic mass is 10.1. The van der Waals surface area contributed by atoms with Crippen molar-refractivity contribution in [2.24, 2.45) is 0 Å². The summed E-state index contributed by atoms with van der Waals surface area (Å²) >= 11 is 12.0. The predicted octanol–water partition coefficient (Wildman–Crippen LogP) is 4.43. The van der Waals surface area contributed by atoms with Crippen molar-refractivity contribution >= 4 is 28.9 Å². The molecule has 0 fully saturated rings. The Morgan fingerprint density at radius 2 is 2.11 bits per heavy atom. The van der Waals surface area contributed by atoms with E-state index in [4.69, 9.17) is 28.5 Å². The number of aromatic nitrogens is 1. The van der Waals surface area contributed by atoms with Crippen LogP contribution in [0.2, 0.25) is 10.0 Å². The first-order valence-corrected chi connectivity index (χ1v) is 6.44. The second-order valence-corrected chi connectivity index (χ2v) is 4.89. The summed E-state index contributed by atoms with van der Waals surface area (Å²) in [5, 5.41) is 13.4. The highest BCUT2D eigenvalue weighted by Gasteiger charge is 2.12. The zero-order valence-electron chi connectivity index (χ0n) is 10.2. The molecule has 2 rings (SSSR count). The van der Waals surface area contributed by atoms with Gasteiger partial charge in [-0.3, -0.25) is 0 Å². The number of hydrogen-bond acceptors (Lipinski definition) is 3. The molecule has 19 heavy (non-hydrogen) atoms. The van der Waals surface area contributed by atoms with Crippen LogP contribution in [-0.4, -0.2) is 4.98 Å². The third kappa shape index (κ3) is 3.17. The number of halogens is 2. The van der Waals surface area contributed by atoms with E-state index in [1.807, 2.05) is 25.1 Å². The van der Waals surface area contributed by atoms with Crippen molar-refractivity contribution < 1.29 is 0 Å². The van der Waals surface area contributed by atoms with Crippen LogP contribution in [0.4, 0.5) is 5.69 Å². The van der Waals surface area contributed by atoms with E-state index in [9.17, 15) is 0 Å². The Kier molecular flexibility index (Phi) is 4.26. The summed E-state index contributed by atoms with van der Waals surface area (Å²) in [6.07, 6.45) is 1.59. The maximum absolute atomic E-state index is 9.00. The third-order valence-electron chi connectivity index (χ3n) is 2.71. The van der Waals surface area contributed by atoms with Crippen LogP contribution in [0.15, 0.2) is 36.5 Å². The average molecular weight is 292 g/mol. The van der Waals surface area contributed by atoms with E-state index in [-0.39, 0.29) is 6.04 Å². The monoisotopic (exact) mass is 291 g/mol. The maximum Gasteiger partial charge on any atom is 0.163 e. The molecule has 5 heteroatoms. The molecule has 1 N–H and O–H groups in total. The molecule has 3 nitrogen and oxygen atoms in total. The maximum atomic E-state index is 9.00. The van der Waals surface area contributed by atoms with E-state index in [2.05, 4.69) is 10.3 Å². The number of nitriles is 1. The number of anilines is 1. The summed E-state index contributed by atoms with van der Waals surface area (Å²) < 4.78 is 0. The molecule has 0 saturated carbocycles. The number of hydrogen-bond donors (Lipinski definition) is 1. The summed E-state index contributed by atoms with van der Waals surface area (Å²) in [5.41, 5.74) is 1.96. The molecule has 0 aliphatic carbocycles. The molecule has 0 saturated heterocycles. The summed E-state index contributed by atoms with van der Waals surface area (Å²) in [6, 6.07) is 10.9. The Balaban J connectivity index is 2.26. The quantitative estimate of drug-likeness (QED) is 0.910. The van der Waals surface area contributed by atoms with Crippen molar-refractivity contribution in [3.63, 3.8) is 0 Å². The van der Waals surface area contributed by atoms with Gasteiger partial charge in [0.05, 0.1) is 11.7 Å². The Morgan fingerprint density at radius 3 is 2.79 bits per heavy atom.